The molecule has 35 heavy (non-hydrogen) atoms. The number of carbonyl (C=O) groups is 1. The summed E-state index contributed by atoms with van der Waals surface area (Å²) in [5, 5.41) is 3.23. The van der Waals surface area contributed by atoms with Gasteiger partial charge in [-0.15, -0.1) is 0 Å². The number of para-hydroxylation sites is 1. The number of anilines is 1. The van der Waals surface area contributed by atoms with Gasteiger partial charge in [-0.1, -0.05) is 121 Å². The highest BCUT2D eigenvalue weighted by Crippen LogP contribution is 2.31. The maximum Gasteiger partial charge on any atom is 0.322 e. The van der Waals surface area contributed by atoms with E-state index in [4.69, 9.17) is 0 Å². The van der Waals surface area contributed by atoms with Crippen LogP contribution in [-0.2, 0) is 0 Å². The Kier molecular flexibility index (Phi) is 7.79. The first-order valence-electron chi connectivity index (χ1n) is 12.0. The van der Waals surface area contributed by atoms with Crippen LogP contribution in [0.25, 0.3) is 6.08 Å². The number of nitrogens with zero attached hydrogens (tertiary/aromatic N) is 1. The Balaban J connectivity index is 1.77. The van der Waals surface area contributed by atoms with Crippen molar-refractivity contribution in [3.63, 3.8) is 0 Å². The molecule has 0 aliphatic heterocycles. The maximum absolute atomic E-state index is 14.0. The Morgan fingerprint density at radius 1 is 0.743 bits per heavy atom. The van der Waals surface area contributed by atoms with Crippen LogP contribution in [0, 0.1) is 13.8 Å². The lowest BCUT2D eigenvalue weighted by atomic mass is 9.96. The second kappa shape index (κ2) is 11.3. The van der Waals surface area contributed by atoms with E-state index in [0.29, 0.717) is 6.54 Å². The Morgan fingerprint density at radius 3 is 1.74 bits per heavy atom. The highest BCUT2D eigenvalue weighted by molar-refractivity contribution is 5.92. The average Bonchev–Trinajstić information content (AvgIpc) is 2.88. The van der Waals surface area contributed by atoms with E-state index in [0.717, 1.165) is 39.1 Å². The van der Waals surface area contributed by atoms with Gasteiger partial charge < -0.3 is 10.2 Å². The monoisotopic (exact) mass is 460 g/mol. The van der Waals surface area contributed by atoms with Gasteiger partial charge in [-0.05, 0) is 48.6 Å². The van der Waals surface area contributed by atoms with Crippen LogP contribution >= 0.6 is 0 Å². The molecular formula is C32H32N2O. The Hall–Kier alpha value is -4.11. The van der Waals surface area contributed by atoms with Crippen LogP contribution in [0.3, 0.4) is 0 Å². The molecule has 0 heterocycles. The molecule has 2 amide bonds. The lowest BCUT2D eigenvalue weighted by molar-refractivity contribution is 0.203. The van der Waals surface area contributed by atoms with Crippen molar-refractivity contribution >= 4 is 17.8 Å². The van der Waals surface area contributed by atoms with Gasteiger partial charge in [0.2, 0.25) is 0 Å². The zero-order valence-corrected chi connectivity index (χ0v) is 20.6. The van der Waals surface area contributed by atoms with Gasteiger partial charge in [-0.2, -0.15) is 0 Å². The summed E-state index contributed by atoms with van der Waals surface area (Å²) in [7, 11) is 0. The highest BCUT2D eigenvalue weighted by Gasteiger charge is 2.27. The summed E-state index contributed by atoms with van der Waals surface area (Å²) in [6.07, 6.45) is 2.15. The van der Waals surface area contributed by atoms with Crippen LogP contribution in [0.4, 0.5) is 10.5 Å². The molecular weight excluding hydrogens is 428 g/mol. The molecule has 0 unspecified atom stereocenters. The molecule has 3 heteroatoms. The first-order chi connectivity index (χ1) is 17.0. The molecule has 0 aliphatic rings. The minimum Gasteiger partial charge on any atom is -0.309 e. The van der Waals surface area contributed by atoms with Gasteiger partial charge in [0, 0.05) is 12.2 Å². The van der Waals surface area contributed by atoms with E-state index in [2.05, 4.69) is 54.7 Å². The second-order valence-corrected chi connectivity index (χ2v) is 8.95. The number of rotatable bonds is 7. The van der Waals surface area contributed by atoms with Crippen molar-refractivity contribution in [1.29, 1.82) is 0 Å². The fourth-order valence-electron chi connectivity index (χ4n) is 4.44. The molecule has 0 atom stereocenters. The van der Waals surface area contributed by atoms with Crippen molar-refractivity contribution in [2.75, 3.05) is 11.9 Å². The highest BCUT2D eigenvalue weighted by atomic mass is 16.2. The molecule has 0 fully saturated rings. The summed E-state index contributed by atoms with van der Waals surface area (Å²) in [5.41, 5.74) is 7.33. The summed E-state index contributed by atoms with van der Waals surface area (Å²) in [6.45, 7) is 6.62. The Labute approximate surface area is 208 Å². The van der Waals surface area contributed by atoms with Gasteiger partial charge in [0.15, 0.2) is 0 Å². The number of carbonyl (C=O) groups excluding carboxylic acids is 1. The topological polar surface area (TPSA) is 32.3 Å². The van der Waals surface area contributed by atoms with E-state index in [-0.39, 0.29) is 12.1 Å². The van der Waals surface area contributed by atoms with Crippen LogP contribution < -0.4 is 5.32 Å². The molecule has 0 saturated carbocycles. The van der Waals surface area contributed by atoms with Crippen molar-refractivity contribution in [2.45, 2.75) is 26.8 Å². The van der Waals surface area contributed by atoms with E-state index in [1.807, 2.05) is 91.5 Å². The lowest BCUT2D eigenvalue weighted by Gasteiger charge is -2.33. The smallest absolute Gasteiger partial charge is 0.309 e. The lowest BCUT2D eigenvalue weighted by Crippen LogP contribution is -2.40. The summed E-state index contributed by atoms with van der Waals surface area (Å²) in [4.78, 5) is 15.9. The molecule has 4 aromatic rings. The van der Waals surface area contributed by atoms with E-state index in [1.54, 1.807) is 0 Å². The molecule has 4 rings (SSSR count). The van der Waals surface area contributed by atoms with E-state index in [1.165, 1.54) is 0 Å². The molecule has 0 spiro atoms. The van der Waals surface area contributed by atoms with Gasteiger partial charge in [0.1, 0.15) is 0 Å². The number of amides is 2. The van der Waals surface area contributed by atoms with Crippen LogP contribution in [0.1, 0.15) is 40.8 Å². The molecule has 0 aromatic heterocycles. The van der Waals surface area contributed by atoms with Crippen molar-refractivity contribution in [3.05, 3.63) is 143 Å². The second-order valence-electron chi connectivity index (χ2n) is 8.95. The first kappa shape index (κ1) is 24.0. The molecule has 0 bridgehead atoms. The van der Waals surface area contributed by atoms with Gasteiger partial charge in [0.05, 0.1) is 6.04 Å². The molecule has 4 aromatic carbocycles. The molecule has 176 valence electrons. The summed E-state index contributed by atoms with van der Waals surface area (Å²) in [6, 6.07) is 36.4. The van der Waals surface area contributed by atoms with Crippen molar-refractivity contribution in [3.8, 4) is 0 Å². The number of aryl methyl sites for hydroxylation is 2. The third kappa shape index (κ3) is 6.07. The van der Waals surface area contributed by atoms with E-state index < -0.39 is 0 Å². The quantitative estimate of drug-likeness (QED) is 0.297. The predicted molar refractivity (Wildman–Crippen MR) is 146 cm³/mol. The normalized spacial score (nSPS) is 11.4. The minimum atomic E-state index is -0.235. The maximum atomic E-state index is 14.0. The Morgan fingerprint density at radius 2 is 1.23 bits per heavy atom. The summed E-state index contributed by atoms with van der Waals surface area (Å²) in [5.74, 6) is 0. The standard InChI is InChI=1S/C32H32N2O/c1-24(22-27-16-7-4-8-17-27)23-34(32(35)33-30-25(2)14-13-15-26(30)3)31(28-18-9-5-10-19-28)29-20-11-6-12-21-29/h4-22,31H,23H2,1-3H3,(H,33,35)/b24-22+. The zero-order chi connectivity index (χ0) is 24.6. The fraction of sp³-hybridized carbons (Fsp3) is 0.156. The van der Waals surface area contributed by atoms with Crippen LogP contribution in [0.15, 0.2) is 115 Å². The zero-order valence-electron chi connectivity index (χ0n) is 20.6. The van der Waals surface area contributed by atoms with Crippen molar-refractivity contribution in [2.24, 2.45) is 0 Å². The number of nitrogens with one attached hydrogen (secondary N) is 1. The van der Waals surface area contributed by atoms with Crippen LogP contribution in [-0.4, -0.2) is 17.5 Å². The molecule has 0 aliphatic carbocycles. The fourth-order valence-corrected chi connectivity index (χ4v) is 4.44. The Bertz CT molecular complexity index is 1220. The molecule has 3 nitrogen and oxygen atoms in total. The SMILES string of the molecule is C/C(=C\c1ccccc1)CN(C(=O)Nc1c(C)cccc1C)C(c1ccccc1)c1ccccc1. The number of urea groups is 1. The van der Waals surface area contributed by atoms with Crippen molar-refractivity contribution < 1.29 is 4.79 Å². The third-order valence-corrected chi connectivity index (χ3v) is 6.15. The number of benzene rings is 4. The molecule has 0 radical (unpaired) electrons. The molecule has 1 N–H and O–H groups in total. The number of hydrogen-bond donors (Lipinski definition) is 1. The van der Waals surface area contributed by atoms with Crippen molar-refractivity contribution in [1.82, 2.24) is 4.90 Å². The summed E-state index contributed by atoms with van der Waals surface area (Å²) < 4.78 is 0. The largest absolute Gasteiger partial charge is 0.322 e. The average molecular weight is 461 g/mol. The van der Waals surface area contributed by atoms with Gasteiger partial charge in [-0.25, -0.2) is 4.79 Å². The van der Waals surface area contributed by atoms with E-state index in [9.17, 15) is 4.79 Å². The first-order valence-corrected chi connectivity index (χ1v) is 12.0. The molecule has 0 saturated heterocycles. The van der Waals surface area contributed by atoms with E-state index >= 15 is 0 Å². The summed E-state index contributed by atoms with van der Waals surface area (Å²) >= 11 is 0. The predicted octanol–water partition coefficient (Wildman–Crippen LogP) is 8.03. The third-order valence-electron chi connectivity index (χ3n) is 6.15. The van der Waals surface area contributed by atoms with Crippen LogP contribution in [0.2, 0.25) is 0 Å². The van der Waals surface area contributed by atoms with Gasteiger partial charge in [0.25, 0.3) is 0 Å². The minimum absolute atomic E-state index is 0.124. The number of hydrogen-bond acceptors (Lipinski definition) is 1. The van der Waals surface area contributed by atoms with Crippen LogP contribution in [0.5, 0.6) is 0 Å². The van der Waals surface area contributed by atoms with Gasteiger partial charge >= 0.3 is 6.03 Å². The van der Waals surface area contributed by atoms with Gasteiger partial charge in [-0.3, -0.25) is 0 Å².